The number of benzene rings is 2. The molecule has 0 saturated heterocycles. The lowest BCUT2D eigenvalue weighted by atomic mass is 9.84. The van der Waals surface area contributed by atoms with Crippen LogP contribution in [0.2, 0.25) is 0 Å². The van der Waals surface area contributed by atoms with Crippen LogP contribution in [0.5, 0.6) is 5.75 Å². The highest BCUT2D eigenvalue weighted by Gasteiger charge is 2.23. The Labute approximate surface area is 199 Å². The van der Waals surface area contributed by atoms with Gasteiger partial charge in [0.25, 0.3) is 5.56 Å². The third-order valence-corrected chi connectivity index (χ3v) is 6.11. The summed E-state index contributed by atoms with van der Waals surface area (Å²) in [7, 11) is -1.46. The highest BCUT2D eigenvalue weighted by atomic mass is 32.2. The smallest absolute Gasteiger partial charge is 0.332 e. The van der Waals surface area contributed by atoms with E-state index in [1.54, 1.807) is 7.11 Å². The van der Waals surface area contributed by atoms with Crippen LogP contribution in [0.3, 0.4) is 0 Å². The lowest BCUT2D eigenvalue weighted by molar-refractivity contribution is 0.392. The Morgan fingerprint density at radius 1 is 1.03 bits per heavy atom. The molecule has 34 heavy (non-hydrogen) atoms. The second-order valence-corrected chi connectivity index (χ2v) is 11.5. The number of hydrogen-bond donors (Lipinski definition) is 2. The van der Waals surface area contributed by atoms with Crippen LogP contribution in [0.15, 0.2) is 58.3 Å². The first-order chi connectivity index (χ1) is 15.9. The average Bonchev–Trinajstić information content (AvgIpc) is 2.75. The van der Waals surface area contributed by atoms with Crippen molar-refractivity contribution in [2.24, 2.45) is 0 Å². The maximum absolute atomic E-state index is 12.4. The maximum atomic E-state index is 12.4. The van der Waals surface area contributed by atoms with E-state index in [-0.39, 0.29) is 11.3 Å². The Kier molecular flexibility index (Phi) is 7.35. The standard InChI is InChI=1S/C25H31N3O5S/c1-25(2,3)21-15-20(28-13-12-22(29)27-24(28)30)14-18(23(21)33-4)9-6-17-7-10-19(11-8-17)26-16-34(5,31)32/h7-8,10-15,26H,6,9,16H2,1-5H3,(H,27,29,30). The summed E-state index contributed by atoms with van der Waals surface area (Å²) in [5, 5.41) is 2.90. The Morgan fingerprint density at radius 3 is 2.26 bits per heavy atom. The predicted octanol–water partition coefficient (Wildman–Crippen LogP) is 3.03. The molecule has 8 nitrogen and oxygen atoms in total. The molecule has 0 amide bonds. The zero-order valence-corrected chi connectivity index (χ0v) is 21.0. The Bertz CT molecular complexity index is 1380. The fourth-order valence-electron chi connectivity index (χ4n) is 3.70. The largest absolute Gasteiger partial charge is 0.496 e. The SMILES string of the molecule is COc1c(CCc2ccc(NCS(C)(=O)=O)cc2)cc(-n2ccc(=O)[nH]c2=O)cc1C(C)(C)C. The van der Waals surface area contributed by atoms with Gasteiger partial charge in [-0.15, -0.1) is 0 Å². The van der Waals surface area contributed by atoms with Gasteiger partial charge in [0.05, 0.1) is 12.8 Å². The molecule has 3 rings (SSSR count). The number of nitrogens with one attached hydrogen (secondary N) is 2. The van der Waals surface area contributed by atoms with E-state index >= 15 is 0 Å². The van der Waals surface area contributed by atoms with Crippen molar-refractivity contribution < 1.29 is 13.2 Å². The molecule has 0 radical (unpaired) electrons. The van der Waals surface area contributed by atoms with Crippen LogP contribution < -0.4 is 21.3 Å². The number of methoxy groups -OCH3 is 1. The second-order valence-electron chi connectivity index (χ2n) is 9.36. The Morgan fingerprint density at radius 2 is 1.71 bits per heavy atom. The van der Waals surface area contributed by atoms with E-state index in [2.05, 4.69) is 31.1 Å². The van der Waals surface area contributed by atoms with Crippen molar-refractivity contribution >= 4 is 15.5 Å². The second kappa shape index (κ2) is 9.89. The third kappa shape index (κ3) is 6.38. The summed E-state index contributed by atoms with van der Waals surface area (Å²) in [6.45, 7) is 6.24. The molecular weight excluding hydrogens is 454 g/mol. The van der Waals surface area contributed by atoms with Crippen molar-refractivity contribution in [2.45, 2.75) is 39.0 Å². The number of ether oxygens (including phenoxy) is 1. The van der Waals surface area contributed by atoms with Crippen LogP contribution in [0.25, 0.3) is 5.69 Å². The lowest BCUT2D eigenvalue weighted by Crippen LogP contribution is -2.28. The van der Waals surface area contributed by atoms with Gasteiger partial charge < -0.3 is 10.1 Å². The van der Waals surface area contributed by atoms with Crippen molar-refractivity contribution in [2.75, 3.05) is 24.6 Å². The number of aryl methyl sites for hydroxylation is 2. The maximum Gasteiger partial charge on any atom is 0.332 e. The molecule has 0 aliphatic heterocycles. The van der Waals surface area contributed by atoms with E-state index in [1.807, 2.05) is 36.4 Å². The number of H-pyrrole nitrogens is 1. The fourth-order valence-corrected chi connectivity index (χ4v) is 4.13. The predicted molar refractivity (Wildman–Crippen MR) is 135 cm³/mol. The fraction of sp³-hybridized carbons (Fsp3) is 0.360. The Balaban J connectivity index is 1.93. The Hall–Kier alpha value is -3.33. The number of rotatable bonds is 8. The highest BCUT2D eigenvalue weighted by Crippen LogP contribution is 2.36. The van der Waals surface area contributed by atoms with Gasteiger partial charge in [-0.1, -0.05) is 32.9 Å². The summed E-state index contributed by atoms with van der Waals surface area (Å²) < 4.78 is 29.9. The van der Waals surface area contributed by atoms with Crippen molar-refractivity contribution in [3.05, 3.63) is 86.2 Å². The van der Waals surface area contributed by atoms with Gasteiger partial charge in [-0.3, -0.25) is 14.3 Å². The van der Waals surface area contributed by atoms with Crippen LogP contribution >= 0.6 is 0 Å². The van der Waals surface area contributed by atoms with Crippen LogP contribution in [-0.4, -0.2) is 37.2 Å². The van der Waals surface area contributed by atoms with E-state index in [1.165, 1.54) is 23.1 Å². The molecule has 0 bridgehead atoms. The molecule has 0 aliphatic carbocycles. The van der Waals surface area contributed by atoms with Gasteiger partial charge >= 0.3 is 5.69 Å². The normalized spacial score (nSPS) is 11.9. The molecule has 0 unspecified atom stereocenters. The summed E-state index contributed by atoms with van der Waals surface area (Å²) in [5.74, 6) is 0.663. The molecule has 182 valence electrons. The summed E-state index contributed by atoms with van der Waals surface area (Å²) in [5.41, 5.74) is 3.19. The minimum Gasteiger partial charge on any atom is -0.496 e. The molecule has 0 aliphatic rings. The summed E-state index contributed by atoms with van der Waals surface area (Å²) in [6, 6.07) is 12.8. The molecule has 2 N–H and O–H groups in total. The van der Waals surface area contributed by atoms with Crippen molar-refractivity contribution in [1.29, 1.82) is 0 Å². The van der Waals surface area contributed by atoms with Gasteiger partial charge in [-0.25, -0.2) is 13.2 Å². The molecule has 0 atom stereocenters. The molecule has 0 fully saturated rings. The van der Waals surface area contributed by atoms with E-state index in [4.69, 9.17) is 4.74 Å². The lowest BCUT2D eigenvalue weighted by Gasteiger charge is -2.25. The number of aromatic amines is 1. The number of hydrogen-bond acceptors (Lipinski definition) is 6. The van der Waals surface area contributed by atoms with Gasteiger partial charge in [0, 0.05) is 29.8 Å². The van der Waals surface area contributed by atoms with Crippen LogP contribution in [0.1, 0.15) is 37.5 Å². The van der Waals surface area contributed by atoms with E-state index in [0.29, 0.717) is 12.1 Å². The van der Waals surface area contributed by atoms with Gasteiger partial charge in [0.2, 0.25) is 0 Å². The molecular formula is C25H31N3O5S. The zero-order chi connectivity index (χ0) is 25.1. The van der Waals surface area contributed by atoms with Crippen molar-refractivity contribution in [3.8, 4) is 11.4 Å². The van der Waals surface area contributed by atoms with Crippen LogP contribution in [-0.2, 0) is 28.1 Å². The van der Waals surface area contributed by atoms with Gasteiger partial charge in [0.15, 0.2) is 9.84 Å². The minimum atomic E-state index is -3.10. The van der Waals surface area contributed by atoms with E-state index in [0.717, 1.165) is 34.5 Å². The van der Waals surface area contributed by atoms with E-state index in [9.17, 15) is 18.0 Å². The summed E-state index contributed by atoms with van der Waals surface area (Å²) in [4.78, 5) is 26.2. The van der Waals surface area contributed by atoms with Gasteiger partial charge in [0.1, 0.15) is 11.6 Å². The average molecular weight is 486 g/mol. The third-order valence-electron chi connectivity index (χ3n) is 5.44. The molecule has 9 heteroatoms. The van der Waals surface area contributed by atoms with Gasteiger partial charge in [-0.2, -0.15) is 0 Å². The first-order valence-electron chi connectivity index (χ1n) is 10.9. The highest BCUT2D eigenvalue weighted by molar-refractivity contribution is 7.90. The number of anilines is 1. The molecule has 2 aromatic carbocycles. The molecule has 3 aromatic rings. The van der Waals surface area contributed by atoms with Crippen molar-refractivity contribution in [1.82, 2.24) is 9.55 Å². The number of aromatic nitrogens is 2. The first kappa shape index (κ1) is 25.3. The molecule has 0 spiro atoms. The summed E-state index contributed by atoms with van der Waals surface area (Å²) >= 11 is 0. The topological polar surface area (TPSA) is 110 Å². The number of nitrogens with zero attached hydrogens (tertiary/aromatic N) is 1. The monoisotopic (exact) mass is 485 g/mol. The van der Waals surface area contributed by atoms with Crippen molar-refractivity contribution in [3.63, 3.8) is 0 Å². The first-order valence-corrected chi connectivity index (χ1v) is 13.0. The zero-order valence-electron chi connectivity index (χ0n) is 20.1. The van der Waals surface area contributed by atoms with E-state index < -0.39 is 21.1 Å². The summed E-state index contributed by atoms with van der Waals surface area (Å²) in [6.07, 6.45) is 4.04. The molecule has 1 heterocycles. The quantitative estimate of drug-likeness (QED) is 0.508. The minimum absolute atomic E-state index is 0.115. The van der Waals surface area contributed by atoms with Gasteiger partial charge in [-0.05, 0) is 53.6 Å². The molecule has 0 saturated carbocycles. The molecule has 1 aromatic heterocycles. The van der Waals surface area contributed by atoms with Crippen LogP contribution in [0, 0.1) is 0 Å². The van der Waals surface area contributed by atoms with Crippen LogP contribution in [0.4, 0.5) is 5.69 Å². The number of sulfone groups is 1.